The molecule has 1 aromatic rings. The van der Waals surface area contributed by atoms with Crippen LogP contribution in [0.1, 0.15) is 11.9 Å². The average molecular weight is 196 g/mol. The number of ketones is 1. The molecule has 1 aliphatic heterocycles. The van der Waals surface area contributed by atoms with Crippen molar-refractivity contribution in [1.29, 1.82) is 0 Å². The van der Waals surface area contributed by atoms with E-state index in [1.54, 1.807) is 17.5 Å². The first-order valence-corrected chi connectivity index (χ1v) is 5.21. The Balaban J connectivity index is 1.99. The molecule has 0 aromatic carbocycles. The highest BCUT2D eigenvalue weighted by atomic mass is 32.1. The van der Waals surface area contributed by atoms with Crippen LogP contribution >= 0.6 is 11.3 Å². The lowest BCUT2D eigenvalue weighted by molar-refractivity contribution is -0.129. The predicted molar refractivity (Wildman–Crippen MR) is 51.8 cm³/mol. The maximum absolute atomic E-state index is 11.7. The summed E-state index contributed by atoms with van der Waals surface area (Å²) in [6, 6.07) is 0. The Labute approximate surface area is 81.2 Å². The molecule has 0 amide bonds. The van der Waals surface area contributed by atoms with E-state index < -0.39 is 0 Å². The van der Waals surface area contributed by atoms with Gasteiger partial charge in [-0.15, -0.1) is 11.3 Å². The molecule has 0 radical (unpaired) electrons. The minimum atomic E-state index is -0.133. The first-order chi connectivity index (χ1) is 6.21. The lowest BCUT2D eigenvalue weighted by atomic mass is 9.79. The molecule has 2 rings (SSSR count). The molecular weight excluding hydrogens is 184 g/mol. The van der Waals surface area contributed by atoms with Crippen molar-refractivity contribution < 1.29 is 4.79 Å². The first kappa shape index (κ1) is 8.84. The number of hydrogen-bond donors (Lipinski definition) is 1. The Morgan fingerprint density at radius 2 is 2.54 bits per heavy atom. The molecule has 0 aliphatic carbocycles. The molecule has 0 saturated carbocycles. The second kappa shape index (κ2) is 3.20. The number of carbonyl (C=O) groups excluding carboxylic acids is 1. The molecule has 1 N–H and O–H groups in total. The molecular formula is C9H12N2OS. The summed E-state index contributed by atoms with van der Waals surface area (Å²) in [4.78, 5) is 15.8. The first-order valence-electron chi connectivity index (χ1n) is 4.33. The standard InChI is InChI=1S/C9H12N2OS/c1-9(5-10-6-9)7(12)4-8-11-2-3-13-8/h2-3,10H,4-6H2,1H3. The fourth-order valence-electron chi connectivity index (χ4n) is 1.39. The number of aromatic nitrogens is 1. The maximum atomic E-state index is 11.7. The summed E-state index contributed by atoms with van der Waals surface area (Å²) < 4.78 is 0. The van der Waals surface area contributed by atoms with E-state index >= 15 is 0 Å². The van der Waals surface area contributed by atoms with Crippen molar-refractivity contribution in [2.75, 3.05) is 13.1 Å². The van der Waals surface area contributed by atoms with Crippen molar-refractivity contribution >= 4 is 17.1 Å². The van der Waals surface area contributed by atoms with Gasteiger partial charge in [0, 0.05) is 24.7 Å². The zero-order valence-corrected chi connectivity index (χ0v) is 8.36. The summed E-state index contributed by atoms with van der Waals surface area (Å²) in [6.07, 6.45) is 2.24. The highest BCUT2D eigenvalue weighted by Crippen LogP contribution is 2.24. The van der Waals surface area contributed by atoms with Crippen molar-refractivity contribution in [3.8, 4) is 0 Å². The van der Waals surface area contributed by atoms with Crippen LogP contribution in [0.2, 0.25) is 0 Å². The second-order valence-electron chi connectivity index (χ2n) is 3.69. The lowest BCUT2D eigenvalue weighted by Crippen LogP contribution is -2.56. The lowest BCUT2D eigenvalue weighted by Gasteiger charge is -2.37. The molecule has 13 heavy (non-hydrogen) atoms. The summed E-state index contributed by atoms with van der Waals surface area (Å²) in [5.41, 5.74) is -0.133. The largest absolute Gasteiger partial charge is 0.315 e. The van der Waals surface area contributed by atoms with Gasteiger partial charge >= 0.3 is 0 Å². The van der Waals surface area contributed by atoms with Gasteiger partial charge in [-0.2, -0.15) is 0 Å². The molecule has 1 fully saturated rings. The van der Waals surface area contributed by atoms with Crippen molar-refractivity contribution in [3.63, 3.8) is 0 Å². The summed E-state index contributed by atoms with van der Waals surface area (Å²) >= 11 is 1.55. The third-order valence-corrected chi connectivity index (χ3v) is 3.28. The number of Topliss-reactive ketones (excluding diaryl/α,β-unsaturated/α-hetero) is 1. The van der Waals surface area contributed by atoms with E-state index in [2.05, 4.69) is 10.3 Å². The van der Waals surface area contributed by atoms with Gasteiger partial charge in [-0.3, -0.25) is 4.79 Å². The predicted octanol–water partition coefficient (Wildman–Crippen LogP) is 0.864. The average Bonchev–Trinajstić information content (AvgIpc) is 2.52. The number of thiazole rings is 1. The summed E-state index contributed by atoms with van der Waals surface area (Å²) in [7, 11) is 0. The Morgan fingerprint density at radius 1 is 1.77 bits per heavy atom. The highest BCUT2D eigenvalue weighted by molar-refractivity contribution is 7.09. The summed E-state index contributed by atoms with van der Waals surface area (Å²) in [5, 5.41) is 5.96. The van der Waals surface area contributed by atoms with E-state index in [1.165, 1.54) is 0 Å². The Hall–Kier alpha value is -0.740. The zero-order chi connectivity index (χ0) is 9.31. The van der Waals surface area contributed by atoms with Crippen LogP contribution in [0.15, 0.2) is 11.6 Å². The van der Waals surface area contributed by atoms with E-state index in [4.69, 9.17) is 0 Å². The number of hydrogen-bond acceptors (Lipinski definition) is 4. The van der Waals surface area contributed by atoms with Crippen LogP contribution in [0.4, 0.5) is 0 Å². The summed E-state index contributed by atoms with van der Waals surface area (Å²) in [6.45, 7) is 3.65. The Kier molecular flexibility index (Phi) is 2.17. The summed E-state index contributed by atoms with van der Waals surface area (Å²) in [5.74, 6) is 0.307. The van der Waals surface area contributed by atoms with Gasteiger partial charge in [0.05, 0.1) is 16.8 Å². The van der Waals surface area contributed by atoms with Crippen LogP contribution in [0.25, 0.3) is 0 Å². The molecule has 3 nitrogen and oxygen atoms in total. The van der Waals surface area contributed by atoms with E-state index in [9.17, 15) is 4.79 Å². The van der Waals surface area contributed by atoms with Crippen LogP contribution in [0.3, 0.4) is 0 Å². The van der Waals surface area contributed by atoms with E-state index in [0.717, 1.165) is 18.1 Å². The smallest absolute Gasteiger partial charge is 0.148 e. The molecule has 0 atom stereocenters. The van der Waals surface area contributed by atoms with E-state index in [1.807, 2.05) is 12.3 Å². The minimum absolute atomic E-state index is 0.133. The molecule has 4 heteroatoms. The van der Waals surface area contributed by atoms with Crippen LogP contribution in [0.5, 0.6) is 0 Å². The van der Waals surface area contributed by atoms with Gasteiger partial charge in [0.1, 0.15) is 5.78 Å². The molecule has 0 bridgehead atoms. The number of nitrogens with zero attached hydrogens (tertiary/aromatic N) is 1. The van der Waals surface area contributed by atoms with Gasteiger partial charge < -0.3 is 5.32 Å². The molecule has 1 aliphatic rings. The van der Waals surface area contributed by atoms with Crippen molar-refractivity contribution in [2.45, 2.75) is 13.3 Å². The van der Waals surface area contributed by atoms with Crippen LogP contribution < -0.4 is 5.32 Å². The second-order valence-corrected chi connectivity index (χ2v) is 4.67. The van der Waals surface area contributed by atoms with Gasteiger partial charge in [0.15, 0.2) is 0 Å². The van der Waals surface area contributed by atoms with Gasteiger partial charge in [-0.1, -0.05) is 6.92 Å². The molecule has 70 valence electrons. The molecule has 1 aromatic heterocycles. The zero-order valence-electron chi connectivity index (χ0n) is 7.54. The van der Waals surface area contributed by atoms with Crippen LogP contribution in [-0.2, 0) is 11.2 Å². The minimum Gasteiger partial charge on any atom is -0.315 e. The number of nitrogens with one attached hydrogen (secondary N) is 1. The number of carbonyl (C=O) groups is 1. The Morgan fingerprint density at radius 3 is 3.00 bits per heavy atom. The van der Waals surface area contributed by atoms with Gasteiger partial charge in [0.25, 0.3) is 0 Å². The van der Waals surface area contributed by atoms with E-state index in [0.29, 0.717) is 12.2 Å². The maximum Gasteiger partial charge on any atom is 0.148 e. The van der Waals surface area contributed by atoms with Crippen LogP contribution in [0, 0.1) is 5.41 Å². The van der Waals surface area contributed by atoms with Gasteiger partial charge in [-0.05, 0) is 0 Å². The third kappa shape index (κ3) is 1.64. The molecule has 1 saturated heterocycles. The molecule has 2 heterocycles. The van der Waals surface area contributed by atoms with Crippen molar-refractivity contribution in [2.24, 2.45) is 5.41 Å². The monoisotopic (exact) mass is 196 g/mol. The topological polar surface area (TPSA) is 42.0 Å². The highest BCUT2D eigenvalue weighted by Gasteiger charge is 2.38. The number of rotatable bonds is 3. The van der Waals surface area contributed by atoms with E-state index in [-0.39, 0.29) is 5.41 Å². The SMILES string of the molecule is CC1(C(=O)Cc2nccs2)CNC1. The van der Waals surface area contributed by atoms with Gasteiger partial charge in [-0.25, -0.2) is 4.98 Å². The third-order valence-electron chi connectivity index (χ3n) is 2.50. The molecule has 0 unspecified atom stereocenters. The Bertz CT molecular complexity index is 303. The normalized spacial score (nSPS) is 19.5. The van der Waals surface area contributed by atoms with Crippen molar-refractivity contribution in [1.82, 2.24) is 10.3 Å². The van der Waals surface area contributed by atoms with Crippen molar-refractivity contribution in [3.05, 3.63) is 16.6 Å². The van der Waals surface area contributed by atoms with Crippen LogP contribution in [-0.4, -0.2) is 23.9 Å². The fourth-order valence-corrected chi connectivity index (χ4v) is 2.00. The molecule has 0 spiro atoms. The van der Waals surface area contributed by atoms with Gasteiger partial charge in [0.2, 0.25) is 0 Å². The quantitative estimate of drug-likeness (QED) is 0.779. The fraction of sp³-hybridized carbons (Fsp3) is 0.556.